The molecule has 1 aliphatic rings. The molecule has 1 aromatic heterocycles. The van der Waals surface area contributed by atoms with E-state index >= 15 is 0 Å². The van der Waals surface area contributed by atoms with Crippen LogP contribution in [0.15, 0.2) is 35.4 Å². The molecule has 26 heavy (non-hydrogen) atoms. The van der Waals surface area contributed by atoms with Crippen LogP contribution < -0.4 is 16.4 Å². The van der Waals surface area contributed by atoms with Crippen LogP contribution in [0.2, 0.25) is 0 Å². The molecule has 4 N–H and O–H groups in total. The highest BCUT2D eigenvalue weighted by Crippen LogP contribution is 2.29. The number of primary amides is 1. The monoisotopic (exact) mass is 374 g/mol. The summed E-state index contributed by atoms with van der Waals surface area (Å²) < 4.78 is 24.7. The molecule has 0 bridgehead atoms. The number of hydrogen-bond acceptors (Lipinski definition) is 7. The van der Waals surface area contributed by atoms with Gasteiger partial charge < -0.3 is 16.4 Å². The highest BCUT2D eigenvalue weighted by atomic mass is 32.2. The molecule has 136 valence electrons. The number of nitriles is 1. The lowest BCUT2D eigenvalue weighted by atomic mass is 9.89. The first-order chi connectivity index (χ1) is 12.2. The quantitative estimate of drug-likeness (QED) is 0.661. The molecule has 2 heterocycles. The molecule has 10 heteroatoms. The largest absolute Gasteiger partial charge is 0.365 e. The van der Waals surface area contributed by atoms with E-state index < -0.39 is 21.3 Å². The highest BCUT2D eigenvalue weighted by molar-refractivity contribution is 7.90. The molecule has 3 rings (SSSR count). The third kappa shape index (κ3) is 3.26. The van der Waals surface area contributed by atoms with Crippen LogP contribution >= 0.6 is 0 Å². The van der Waals surface area contributed by atoms with Gasteiger partial charge in [-0.3, -0.25) is 9.48 Å². The minimum atomic E-state index is -3.29. The third-order valence-electron chi connectivity index (χ3n) is 4.33. The fourth-order valence-electron chi connectivity index (χ4n) is 2.74. The number of benzene rings is 1. The average Bonchev–Trinajstić information content (AvgIpc) is 2.94. The smallest absolute Gasteiger partial charge is 0.254 e. The maximum Gasteiger partial charge on any atom is 0.254 e. The lowest BCUT2D eigenvalue weighted by Gasteiger charge is -2.41. The van der Waals surface area contributed by atoms with Crippen LogP contribution in [0.25, 0.3) is 0 Å². The van der Waals surface area contributed by atoms with Crippen molar-refractivity contribution in [3.63, 3.8) is 0 Å². The Hall–Kier alpha value is -2.90. The molecule has 0 unspecified atom stereocenters. The average molecular weight is 374 g/mol. The second kappa shape index (κ2) is 6.44. The van der Waals surface area contributed by atoms with Gasteiger partial charge in [0.2, 0.25) is 0 Å². The molecule has 1 aliphatic heterocycles. The number of amides is 1. The van der Waals surface area contributed by atoms with Crippen molar-refractivity contribution in [3.05, 3.63) is 36.0 Å². The number of nitrogens with zero attached hydrogens (tertiary/aromatic N) is 3. The van der Waals surface area contributed by atoms with E-state index in [0.717, 1.165) is 6.26 Å². The van der Waals surface area contributed by atoms with Gasteiger partial charge in [-0.05, 0) is 24.3 Å². The van der Waals surface area contributed by atoms with Gasteiger partial charge >= 0.3 is 0 Å². The van der Waals surface area contributed by atoms with Gasteiger partial charge in [0.1, 0.15) is 11.1 Å². The second-order valence-corrected chi connectivity index (χ2v) is 8.30. The van der Waals surface area contributed by atoms with Crippen molar-refractivity contribution in [2.24, 2.45) is 5.73 Å². The minimum absolute atomic E-state index is 0.192. The van der Waals surface area contributed by atoms with Crippen molar-refractivity contribution in [3.8, 4) is 6.07 Å². The summed E-state index contributed by atoms with van der Waals surface area (Å²) in [6, 6.07) is 8.23. The van der Waals surface area contributed by atoms with Crippen LogP contribution in [0, 0.1) is 11.3 Å². The topological polar surface area (TPSA) is 143 Å². The summed E-state index contributed by atoms with van der Waals surface area (Å²) in [5, 5.41) is 19.6. The Morgan fingerprint density at radius 1 is 1.42 bits per heavy atom. The first-order valence-corrected chi connectivity index (χ1v) is 9.69. The first-order valence-electron chi connectivity index (χ1n) is 7.80. The maximum atomic E-state index is 11.8. The van der Waals surface area contributed by atoms with Crippen molar-refractivity contribution < 1.29 is 13.2 Å². The second-order valence-electron chi connectivity index (χ2n) is 6.28. The summed E-state index contributed by atoms with van der Waals surface area (Å²) in [6.45, 7) is 1.14. The third-order valence-corrected chi connectivity index (χ3v) is 5.46. The number of nitrogens with two attached hydrogens (primary N) is 1. The Morgan fingerprint density at radius 3 is 2.54 bits per heavy atom. The summed E-state index contributed by atoms with van der Waals surface area (Å²) in [7, 11) is -3.29. The van der Waals surface area contributed by atoms with Crippen LogP contribution in [-0.4, -0.2) is 43.5 Å². The Labute approximate surface area is 150 Å². The van der Waals surface area contributed by atoms with Crippen LogP contribution in [-0.2, 0) is 15.4 Å². The molecule has 0 saturated carbocycles. The van der Waals surface area contributed by atoms with Crippen molar-refractivity contribution in [2.45, 2.75) is 16.9 Å². The van der Waals surface area contributed by atoms with Crippen molar-refractivity contribution >= 4 is 27.2 Å². The fraction of sp³-hybridized carbons (Fsp3) is 0.312. The van der Waals surface area contributed by atoms with E-state index in [1.807, 2.05) is 0 Å². The lowest BCUT2D eigenvalue weighted by Crippen LogP contribution is -2.60. The lowest BCUT2D eigenvalue weighted by molar-refractivity contribution is 0.1000. The highest BCUT2D eigenvalue weighted by Gasteiger charge is 2.40. The number of carbonyl (C=O) groups is 1. The SMILES string of the molecule is CS(=O)(=O)c1ccc(Nc2nn(C3(CC#N)CNC3)cc2C(N)=O)cc1. The number of hydrogen-bond donors (Lipinski definition) is 3. The maximum absolute atomic E-state index is 11.8. The van der Waals surface area contributed by atoms with Gasteiger partial charge in [0.25, 0.3) is 5.91 Å². The predicted octanol–water partition coefficient (Wildman–Crippen LogP) is 0.341. The molecule has 9 nitrogen and oxygen atoms in total. The summed E-state index contributed by atoms with van der Waals surface area (Å²) in [6.07, 6.45) is 2.92. The van der Waals surface area contributed by atoms with Gasteiger partial charge in [-0.1, -0.05) is 0 Å². The Kier molecular flexibility index (Phi) is 4.43. The van der Waals surface area contributed by atoms with Crippen LogP contribution in [0.4, 0.5) is 11.5 Å². The van der Waals surface area contributed by atoms with E-state index in [4.69, 9.17) is 11.0 Å². The van der Waals surface area contributed by atoms with Crippen molar-refractivity contribution in [1.82, 2.24) is 15.1 Å². The van der Waals surface area contributed by atoms with Crippen LogP contribution in [0.5, 0.6) is 0 Å². The molecular weight excluding hydrogens is 356 g/mol. The van der Waals surface area contributed by atoms with Gasteiger partial charge in [-0.2, -0.15) is 10.4 Å². The number of aromatic nitrogens is 2. The molecule has 0 aliphatic carbocycles. The van der Waals surface area contributed by atoms with Crippen LogP contribution in [0.1, 0.15) is 16.8 Å². The standard InChI is InChI=1S/C16H18N6O3S/c1-26(24,25)12-4-2-11(3-5-12)20-15-13(14(18)23)8-22(21-15)16(6-7-17)9-19-10-16/h2-5,8,19H,6,9-10H2,1H3,(H2,18,23)(H,20,21). The van der Waals surface area contributed by atoms with E-state index in [0.29, 0.717) is 18.8 Å². The molecule has 0 atom stereocenters. The molecular formula is C16H18N6O3S. The molecule has 1 fully saturated rings. The number of sulfone groups is 1. The fourth-order valence-corrected chi connectivity index (χ4v) is 3.37. The van der Waals surface area contributed by atoms with Gasteiger partial charge in [0.15, 0.2) is 15.7 Å². The minimum Gasteiger partial charge on any atom is -0.365 e. The predicted molar refractivity (Wildman–Crippen MR) is 94.7 cm³/mol. The number of rotatable bonds is 6. The number of anilines is 2. The molecule has 1 saturated heterocycles. The summed E-state index contributed by atoms with van der Waals surface area (Å²) in [5.41, 5.74) is 5.70. The Balaban J connectivity index is 1.92. The van der Waals surface area contributed by atoms with E-state index in [9.17, 15) is 13.2 Å². The van der Waals surface area contributed by atoms with Gasteiger partial charge in [0, 0.05) is 31.2 Å². The zero-order valence-electron chi connectivity index (χ0n) is 14.1. The van der Waals surface area contributed by atoms with Gasteiger partial charge in [-0.15, -0.1) is 0 Å². The molecule has 2 aromatic rings. The normalized spacial score (nSPS) is 15.7. The van der Waals surface area contributed by atoms with Crippen molar-refractivity contribution in [2.75, 3.05) is 24.7 Å². The number of nitrogens with one attached hydrogen (secondary N) is 2. The van der Waals surface area contributed by atoms with E-state index in [1.165, 1.54) is 18.3 Å². The van der Waals surface area contributed by atoms with Gasteiger partial charge in [-0.25, -0.2) is 8.42 Å². The van der Waals surface area contributed by atoms with E-state index in [-0.39, 0.29) is 22.7 Å². The van der Waals surface area contributed by atoms with Crippen LogP contribution in [0.3, 0.4) is 0 Å². The summed E-state index contributed by atoms with van der Waals surface area (Å²) >= 11 is 0. The zero-order valence-corrected chi connectivity index (χ0v) is 14.9. The molecule has 1 amide bonds. The van der Waals surface area contributed by atoms with Crippen molar-refractivity contribution in [1.29, 1.82) is 5.26 Å². The molecule has 0 spiro atoms. The molecule has 0 radical (unpaired) electrons. The van der Waals surface area contributed by atoms with Gasteiger partial charge in [0.05, 0.1) is 17.4 Å². The molecule has 1 aromatic carbocycles. The van der Waals surface area contributed by atoms with E-state index in [2.05, 4.69) is 21.8 Å². The zero-order chi connectivity index (χ0) is 18.9. The summed E-state index contributed by atoms with van der Waals surface area (Å²) in [5.74, 6) is -0.389. The first kappa shape index (κ1) is 17.9. The Morgan fingerprint density at radius 2 is 2.08 bits per heavy atom. The van der Waals surface area contributed by atoms with E-state index in [1.54, 1.807) is 16.8 Å². The number of carbonyl (C=O) groups excluding carboxylic acids is 1. The Bertz CT molecular complexity index is 984. The summed E-state index contributed by atoms with van der Waals surface area (Å²) in [4.78, 5) is 12.0.